The van der Waals surface area contributed by atoms with Crippen molar-refractivity contribution < 1.29 is 14.6 Å². The largest absolute Gasteiger partial charge is 0.493 e. The van der Waals surface area contributed by atoms with Gasteiger partial charge in [-0.2, -0.15) is 0 Å². The van der Waals surface area contributed by atoms with Crippen LogP contribution in [0.5, 0.6) is 11.5 Å². The minimum absolute atomic E-state index is 0.0251. The number of aliphatic hydroxyl groups excluding tert-OH is 1. The van der Waals surface area contributed by atoms with Crippen molar-refractivity contribution >= 4 is 11.6 Å². The second kappa shape index (κ2) is 6.12. The van der Waals surface area contributed by atoms with Crippen molar-refractivity contribution in [3.8, 4) is 11.5 Å². The molecule has 0 amide bonds. The van der Waals surface area contributed by atoms with E-state index in [1.165, 1.54) is 0 Å². The highest BCUT2D eigenvalue weighted by Gasteiger charge is 2.15. The van der Waals surface area contributed by atoms with Crippen LogP contribution in [-0.4, -0.2) is 24.9 Å². The van der Waals surface area contributed by atoms with Crippen molar-refractivity contribution in [2.75, 3.05) is 13.7 Å². The van der Waals surface area contributed by atoms with Gasteiger partial charge in [0.25, 0.3) is 0 Å². The van der Waals surface area contributed by atoms with Crippen LogP contribution in [0.4, 0.5) is 0 Å². The van der Waals surface area contributed by atoms with E-state index in [0.29, 0.717) is 16.5 Å². The van der Waals surface area contributed by atoms with E-state index >= 15 is 0 Å². The SMILES string of the molecule is COc1cc(Cl)c(C(C)CO)cc1OC(C)C. The van der Waals surface area contributed by atoms with Gasteiger partial charge in [-0.05, 0) is 25.5 Å². The van der Waals surface area contributed by atoms with Crippen LogP contribution in [0, 0.1) is 0 Å². The molecule has 0 aliphatic carbocycles. The molecular formula is C13H19ClO3. The Balaban J connectivity index is 3.17. The fourth-order valence-electron chi connectivity index (χ4n) is 1.53. The van der Waals surface area contributed by atoms with Crippen molar-refractivity contribution in [2.24, 2.45) is 0 Å². The van der Waals surface area contributed by atoms with Crippen molar-refractivity contribution in [2.45, 2.75) is 32.8 Å². The third kappa shape index (κ3) is 3.51. The predicted octanol–water partition coefficient (Wildman–Crippen LogP) is 3.23. The molecule has 0 spiro atoms. The van der Waals surface area contributed by atoms with E-state index in [0.717, 1.165) is 5.56 Å². The van der Waals surface area contributed by atoms with Crippen molar-refractivity contribution in [3.05, 3.63) is 22.7 Å². The average molecular weight is 259 g/mol. The maximum atomic E-state index is 9.18. The number of aliphatic hydroxyl groups is 1. The zero-order chi connectivity index (χ0) is 13.0. The van der Waals surface area contributed by atoms with E-state index in [4.69, 9.17) is 21.1 Å². The summed E-state index contributed by atoms with van der Waals surface area (Å²) in [4.78, 5) is 0. The topological polar surface area (TPSA) is 38.7 Å². The molecule has 1 N–H and O–H groups in total. The highest BCUT2D eigenvalue weighted by Crippen LogP contribution is 2.36. The van der Waals surface area contributed by atoms with Gasteiger partial charge in [0.2, 0.25) is 0 Å². The van der Waals surface area contributed by atoms with Gasteiger partial charge >= 0.3 is 0 Å². The third-order valence-electron chi connectivity index (χ3n) is 2.45. The quantitative estimate of drug-likeness (QED) is 0.881. The van der Waals surface area contributed by atoms with Gasteiger partial charge in [-0.3, -0.25) is 0 Å². The van der Waals surface area contributed by atoms with E-state index in [9.17, 15) is 5.11 Å². The maximum Gasteiger partial charge on any atom is 0.162 e. The average Bonchev–Trinajstić information content (AvgIpc) is 2.29. The summed E-state index contributed by atoms with van der Waals surface area (Å²) in [6.07, 6.45) is 0.0577. The van der Waals surface area contributed by atoms with E-state index in [1.54, 1.807) is 13.2 Å². The lowest BCUT2D eigenvalue weighted by molar-refractivity contribution is 0.229. The maximum absolute atomic E-state index is 9.18. The number of methoxy groups -OCH3 is 1. The Labute approximate surface area is 107 Å². The van der Waals surface area contributed by atoms with Crippen LogP contribution in [0.25, 0.3) is 0 Å². The summed E-state index contributed by atoms with van der Waals surface area (Å²) in [5.41, 5.74) is 0.866. The Morgan fingerprint density at radius 1 is 1.24 bits per heavy atom. The standard InChI is InChI=1S/C13H19ClO3/c1-8(2)17-13-5-10(9(3)7-15)11(14)6-12(13)16-4/h5-6,8-9,15H,7H2,1-4H3. The molecule has 1 unspecified atom stereocenters. The summed E-state index contributed by atoms with van der Waals surface area (Å²) in [6.45, 7) is 5.85. The molecule has 1 atom stereocenters. The molecule has 1 aromatic rings. The molecule has 0 aliphatic rings. The van der Waals surface area contributed by atoms with Crippen molar-refractivity contribution in [3.63, 3.8) is 0 Å². The zero-order valence-electron chi connectivity index (χ0n) is 10.7. The second-order valence-electron chi connectivity index (χ2n) is 4.27. The first-order valence-electron chi connectivity index (χ1n) is 5.64. The molecule has 0 radical (unpaired) electrons. The van der Waals surface area contributed by atoms with Crippen LogP contribution in [-0.2, 0) is 0 Å². The minimum atomic E-state index is -0.0251. The predicted molar refractivity (Wildman–Crippen MR) is 69.3 cm³/mol. The van der Waals surface area contributed by atoms with Crippen LogP contribution in [0.15, 0.2) is 12.1 Å². The minimum Gasteiger partial charge on any atom is -0.493 e. The number of hydrogen-bond acceptors (Lipinski definition) is 3. The molecule has 0 aliphatic heterocycles. The number of benzene rings is 1. The number of rotatable bonds is 5. The van der Waals surface area contributed by atoms with Gasteiger partial charge in [0, 0.05) is 23.6 Å². The number of hydrogen-bond donors (Lipinski definition) is 1. The summed E-state index contributed by atoms with van der Waals surface area (Å²) >= 11 is 6.14. The highest BCUT2D eigenvalue weighted by atomic mass is 35.5. The molecule has 0 aromatic heterocycles. The van der Waals surface area contributed by atoms with Gasteiger partial charge in [-0.15, -0.1) is 0 Å². The molecule has 0 fully saturated rings. The summed E-state index contributed by atoms with van der Waals surface area (Å²) in [5.74, 6) is 1.24. The van der Waals surface area contributed by atoms with E-state index in [-0.39, 0.29) is 18.6 Å². The third-order valence-corrected chi connectivity index (χ3v) is 2.78. The Bertz CT molecular complexity index is 377. The van der Waals surface area contributed by atoms with Gasteiger partial charge < -0.3 is 14.6 Å². The van der Waals surface area contributed by atoms with Gasteiger partial charge in [0.1, 0.15) is 0 Å². The fraction of sp³-hybridized carbons (Fsp3) is 0.538. The lowest BCUT2D eigenvalue weighted by atomic mass is 10.0. The summed E-state index contributed by atoms with van der Waals surface area (Å²) < 4.78 is 10.9. The molecule has 17 heavy (non-hydrogen) atoms. The summed E-state index contributed by atoms with van der Waals surface area (Å²) in [5, 5.41) is 9.76. The fourth-order valence-corrected chi connectivity index (χ4v) is 1.87. The van der Waals surface area contributed by atoms with Gasteiger partial charge in [0.05, 0.1) is 13.2 Å². The van der Waals surface area contributed by atoms with Gasteiger partial charge in [-0.25, -0.2) is 0 Å². The Kier molecular flexibility index (Phi) is 5.09. The molecule has 1 rings (SSSR count). The molecule has 0 heterocycles. The number of ether oxygens (including phenoxy) is 2. The first-order valence-corrected chi connectivity index (χ1v) is 6.02. The first-order chi connectivity index (χ1) is 7.99. The monoisotopic (exact) mass is 258 g/mol. The van der Waals surface area contributed by atoms with Gasteiger partial charge in [-0.1, -0.05) is 18.5 Å². The molecule has 0 saturated carbocycles. The molecule has 1 aromatic carbocycles. The summed E-state index contributed by atoms with van der Waals surface area (Å²) in [7, 11) is 1.58. The van der Waals surface area contributed by atoms with E-state index < -0.39 is 0 Å². The zero-order valence-corrected chi connectivity index (χ0v) is 11.4. The molecule has 0 saturated heterocycles. The van der Waals surface area contributed by atoms with E-state index in [2.05, 4.69) is 0 Å². The molecular weight excluding hydrogens is 240 g/mol. The first kappa shape index (κ1) is 14.1. The van der Waals surface area contributed by atoms with Crippen LogP contribution in [0.2, 0.25) is 5.02 Å². The number of halogens is 1. The molecule has 96 valence electrons. The lowest BCUT2D eigenvalue weighted by Crippen LogP contribution is -2.08. The second-order valence-corrected chi connectivity index (χ2v) is 4.68. The Morgan fingerprint density at radius 2 is 1.88 bits per heavy atom. The van der Waals surface area contributed by atoms with Crippen molar-refractivity contribution in [1.82, 2.24) is 0 Å². The highest BCUT2D eigenvalue weighted by molar-refractivity contribution is 6.31. The van der Waals surface area contributed by atoms with Crippen LogP contribution in [0.3, 0.4) is 0 Å². The van der Waals surface area contributed by atoms with Gasteiger partial charge in [0.15, 0.2) is 11.5 Å². The molecule has 0 bridgehead atoms. The summed E-state index contributed by atoms with van der Waals surface area (Å²) in [6, 6.07) is 3.56. The van der Waals surface area contributed by atoms with Crippen LogP contribution >= 0.6 is 11.6 Å². The van der Waals surface area contributed by atoms with Crippen LogP contribution in [0.1, 0.15) is 32.3 Å². The lowest BCUT2D eigenvalue weighted by Gasteiger charge is -2.18. The normalized spacial score (nSPS) is 12.6. The Hall–Kier alpha value is -0.930. The van der Waals surface area contributed by atoms with E-state index in [1.807, 2.05) is 26.8 Å². The Morgan fingerprint density at radius 3 is 2.35 bits per heavy atom. The smallest absolute Gasteiger partial charge is 0.162 e. The molecule has 4 heteroatoms. The van der Waals surface area contributed by atoms with Crippen LogP contribution < -0.4 is 9.47 Å². The van der Waals surface area contributed by atoms with Crippen molar-refractivity contribution in [1.29, 1.82) is 0 Å². The molecule has 3 nitrogen and oxygen atoms in total.